The van der Waals surface area contributed by atoms with Gasteiger partial charge in [0.15, 0.2) is 0 Å². The smallest absolute Gasteiger partial charge is 0.271 e. The molecule has 1 atom stereocenters. The Morgan fingerprint density at radius 3 is 2.70 bits per heavy atom. The van der Waals surface area contributed by atoms with Crippen LogP contribution >= 0.6 is 0 Å². The van der Waals surface area contributed by atoms with Gasteiger partial charge in [0.25, 0.3) is 11.6 Å². The molecule has 0 saturated carbocycles. The van der Waals surface area contributed by atoms with Gasteiger partial charge < -0.3 is 5.32 Å². The van der Waals surface area contributed by atoms with Gasteiger partial charge in [-0.05, 0) is 25.0 Å². The van der Waals surface area contributed by atoms with Crippen molar-refractivity contribution in [1.82, 2.24) is 4.90 Å². The molecule has 7 heteroatoms. The largest absolute Gasteiger partial charge is 0.373 e. The highest BCUT2D eigenvalue weighted by Gasteiger charge is 2.31. The van der Waals surface area contributed by atoms with Gasteiger partial charge in [0, 0.05) is 31.3 Å². The van der Waals surface area contributed by atoms with Gasteiger partial charge >= 0.3 is 0 Å². The number of likely N-dealkylation sites (N-methyl/N-ethyl adjacent to an activating group) is 1. The number of hydrogen-bond donors (Lipinski definition) is 1. The SMILES string of the molecule is Cc1cc(NC2CCC(=O)N(C)C2=O)cc([N+](=O)[O-])c1. The van der Waals surface area contributed by atoms with Crippen molar-refractivity contribution in [2.45, 2.75) is 25.8 Å². The third-order valence-corrected chi connectivity index (χ3v) is 3.26. The molecule has 1 fully saturated rings. The number of carbonyl (C=O) groups is 2. The molecule has 0 aliphatic carbocycles. The van der Waals surface area contributed by atoms with Crippen LogP contribution in [0.15, 0.2) is 18.2 Å². The molecule has 7 nitrogen and oxygen atoms in total. The lowest BCUT2D eigenvalue weighted by molar-refractivity contribution is -0.384. The number of piperidine rings is 1. The lowest BCUT2D eigenvalue weighted by atomic mass is 10.0. The number of rotatable bonds is 3. The fourth-order valence-corrected chi connectivity index (χ4v) is 2.20. The van der Waals surface area contributed by atoms with E-state index >= 15 is 0 Å². The van der Waals surface area contributed by atoms with E-state index in [2.05, 4.69) is 5.32 Å². The Morgan fingerprint density at radius 2 is 2.05 bits per heavy atom. The van der Waals surface area contributed by atoms with Crippen LogP contribution in [0.5, 0.6) is 0 Å². The average molecular weight is 277 g/mol. The monoisotopic (exact) mass is 277 g/mol. The van der Waals surface area contributed by atoms with Gasteiger partial charge in [-0.1, -0.05) is 0 Å². The summed E-state index contributed by atoms with van der Waals surface area (Å²) in [5.74, 6) is -0.520. The number of imide groups is 1. The minimum Gasteiger partial charge on any atom is -0.373 e. The van der Waals surface area contributed by atoms with Crippen LogP contribution in [-0.2, 0) is 9.59 Å². The maximum Gasteiger partial charge on any atom is 0.271 e. The molecule has 2 amide bonds. The molecule has 0 aromatic heterocycles. The Hall–Kier alpha value is -2.44. The molecule has 1 aliphatic rings. The molecule has 1 N–H and O–H groups in total. The topological polar surface area (TPSA) is 92.6 Å². The van der Waals surface area contributed by atoms with E-state index in [1.165, 1.54) is 19.2 Å². The average Bonchev–Trinajstić information content (AvgIpc) is 2.39. The molecule has 0 bridgehead atoms. The first-order valence-corrected chi connectivity index (χ1v) is 6.21. The Morgan fingerprint density at radius 1 is 1.35 bits per heavy atom. The number of hydrogen-bond acceptors (Lipinski definition) is 5. The van der Waals surface area contributed by atoms with Crippen LogP contribution in [0.3, 0.4) is 0 Å². The summed E-state index contributed by atoms with van der Waals surface area (Å²) < 4.78 is 0. The molecular formula is C13H15N3O4. The normalized spacial score (nSPS) is 19.1. The summed E-state index contributed by atoms with van der Waals surface area (Å²) in [5, 5.41) is 13.8. The predicted octanol–water partition coefficient (Wildman–Crippen LogP) is 1.46. The zero-order chi connectivity index (χ0) is 14.9. The highest BCUT2D eigenvalue weighted by molar-refractivity contribution is 6.01. The number of nitrogens with one attached hydrogen (secondary N) is 1. The van der Waals surface area contributed by atoms with Crippen LogP contribution in [0.25, 0.3) is 0 Å². The summed E-state index contributed by atoms with van der Waals surface area (Å²) in [6, 6.07) is 4.05. The van der Waals surface area contributed by atoms with Crippen LogP contribution in [0, 0.1) is 17.0 Å². The predicted molar refractivity (Wildman–Crippen MR) is 72.3 cm³/mol. The highest BCUT2D eigenvalue weighted by Crippen LogP contribution is 2.23. The molecule has 0 spiro atoms. The maximum atomic E-state index is 12.0. The summed E-state index contributed by atoms with van der Waals surface area (Å²) in [6.45, 7) is 1.75. The summed E-state index contributed by atoms with van der Waals surface area (Å²) in [5.41, 5.74) is 1.22. The van der Waals surface area contributed by atoms with E-state index in [0.717, 1.165) is 10.5 Å². The number of nitro benzene ring substituents is 1. The van der Waals surface area contributed by atoms with Crippen molar-refractivity contribution in [3.8, 4) is 0 Å². The first-order valence-electron chi connectivity index (χ1n) is 6.21. The summed E-state index contributed by atoms with van der Waals surface area (Å²) in [7, 11) is 1.44. The molecule has 1 heterocycles. The van der Waals surface area contributed by atoms with Crippen molar-refractivity contribution in [1.29, 1.82) is 0 Å². The van der Waals surface area contributed by atoms with E-state index in [-0.39, 0.29) is 23.9 Å². The van der Waals surface area contributed by atoms with E-state index in [1.807, 2.05) is 0 Å². The number of benzene rings is 1. The van der Waals surface area contributed by atoms with Gasteiger partial charge in [0.1, 0.15) is 6.04 Å². The summed E-state index contributed by atoms with van der Waals surface area (Å²) in [4.78, 5) is 34.8. The molecule has 1 unspecified atom stereocenters. The molecule has 2 rings (SSSR count). The van der Waals surface area contributed by atoms with Crippen molar-refractivity contribution in [2.24, 2.45) is 0 Å². The van der Waals surface area contributed by atoms with Crippen molar-refractivity contribution >= 4 is 23.2 Å². The van der Waals surface area contributed by atoms with E-state index in [0.29, 0.717) is 12.1 Å². The number of amides is 2. The van der Waals surface area contributed by atoms with Gasteiger partial charge in [-0.15, -0.1) is 0 Å². The summed E-state index contributed by atoms with van der Waals surface area (Å²) in [6.07, 6.45) is 0.678. The van der Waals surface area contributed by atoms with E-state index in [1.54, 1.807) is 13.0 Å². The minimum atomic E-state index is -0.529. The van der Waals surface area contributed by atoms with Crippen LogP contribution in [0.1, 0.15) is 18.4 Å². The quantitative estimate of drug-likeness (QED) is 0.513. The Labute approximate surface area is 115 Å². The van der Waals surface area contributed by atoms with E-state index < -0.39 is 11.0 Å². The summed E-state index contributed by atoms with van der Waals surface area (Å²) >= 11 is 0. The fraction of sp³-hybridized carbons (Fsp3) is 0.385. The Kier molecular flexibility index (Phi) is 3.69. The second-order valence-electron chi connectivity index (χ2n) is 4.84. The Bertz CT molecular complexity index is 585. The first kappa shape index (κ1) is 14.0. The van der Waals surface area contributed by atoms with Crippen LogP contribution < -0.4 is 5.32 Å². The van der Waals surface area contributed by atoms with Gasteiger partial charge in [0.2, 0.25) is 5.91 Å². The fourth-order valence-electron chi connectivity index (χ4n) is 2.20. The molecule has 1 aromatic rings. The number of aryl methyl sites for hydroxylation is 1. The number of carbonyl (C=O) groups excluding carboxylic acids is 2. The van der Waals surface area contributed by atoms with Gasteiger partial charge in [0.05, 0.1) is 4.92 Å². The molecule has 106 valence electrons. The molecule has 20 heavy (non-hydrogen) atoms. The second-order valence-corrected chi connectivity index (χ2v) is 4.84. The van der Waals surface area contributed by atoms with Crippen molar-refractivity contribution in [2.75, 3.05) is 12.4 Å². The highest BCUT2D eigenvalue weighted by atomic mass is 16.6. The number of anilines is 1. The van der Waals surface area contributed by atoms with E-state index in [9.17, 15) is 19.7 Å². The number of nitrogens with zero attached hydrogens (tertiary/aromatic N) is 2. The molecule has 1 aromatic carbocycles. The molecular weight excluding hydrogens is 262 g/mol. The minimum absolute atomic E-state index is 0.0276. The maximum absolute atomic E-state index is 12.0. The lowest BCUT2D eigenvalue weighted by Gasteiger charge is -2.28. The van der Waals surface area contributed by atoms with Gasteiger partial charge in [-0.2, -0.15) is 0 Å². The lowest BCUT2D eigenvalue weighted by Crippen LogP contribution is -2.48. The molecule has 1 saturated heterocycles. The molecule has 1 aliphatic heterocycles. The van der Waals surface area contributed by atoms with Crippen LogP contribution in [-0.4, -0.2) is 34.7 Å². The number of nitro groups is 1. The van der Waals surface area contributed by atoms with Crippen molar-refractivity contribution in [3.05, 3.63) is 33.9 Å². The zero-order valence-corrected chi connectivity index (χ0v) is 11.3. The van der Waals surface area contributed by atoms with Crippen LogP contribution in [0.4, 0.5) is 11.4 Å². The standard InChI is InChI=1S/C13H15N3O4/c1-8-5-9(7-10(6-8)16(19)20)14-11-3-4-12(17)15(2)13(11)18/h5-7,11,14H,3-4H2,1-2H3. The van der Waals surface area contributed by atoms with Gasteiger partial charge in [-0.25, -0.2) is 0 Å². The van der Waals surface area contributed by atoms with Gasteiger partial charge in [-0.3, -0.25) is 24.6 Å². The Balaban J connectivity index is 2.20. The third kappa shape index (κ3) is 2.76. The molecule has 0 radical (unpaired) electrons. The van der Waals surface area contributed by atoms with Crippen LogP contribution in [0.2, 0.25) is 0 Å². The number of likely N-dealkylation sites (tertiary alicyclic amines) is 1. The van der Waals surface area contributed by atoms with E-state index in [4.69, 9.17) is 0 Å². The van der Waals surface area contributed by atoms with Crippen molar-refractivity contribution in [3.63, 3.8) is 0 Å². The second kappa shape index (κ2) is 5.28. The number of non-ortho nitro benzene ring substituents is 1. The third-order valence-electron chi connectivity index (χ3n) is 3.26. The van der Waals surface area contributed by atoms with Crippen molar-refractivity contribution < 1.29 is 14.5 Å². The first-order chi connectivity index (χ1) is 9.38. The zero-order valence-electron chi connectivity index (χ0n) is 11.3.